The summed E-state index contributed by atoms with van der Waals surface area (Å²) >= 11 is 0. The summed E-state index contributed by atoms with van der Waals surface area (Å²) in [5, 5.41) is 2.81. The molecule has 106 valence electrons. The molecular weight excluding hydrogens is 275 g/mol. The normalized spacial score (nSPS) is 14.3. The molecule has 0 aliphatic carbocycles. The molecule has 2 N–H and O–H groups in total. The quantitative estimate of drug-likeness (QED) is 0.879. The Morgan fingerprint density at radius 3 is 2.00 bits per heavy atom. The predicted octanol–water partition coefficient (Wildman–Crippen LogP) is 2.75. The van der Waals surface area contributed by atoms with Crippen LogP contribution in [0.4, 0.5) is 0 Å². The van der Waals surface area contributed by atoms with E-state index in [1.165, 1.54) is 10.6 Å². The molecule has 2 aromatic carbocycles. The molecule has 0 spiro atoms. The smallest absolute Gasteiger partial charge is 0.0573 e. The molecule has 0 atom stereocenters. The van der Waals surface area contributed by atoms with Crippen molar-refractivity contribution in [1.82, 2.24) is 4.90 Å². The summed E-state index contributed by atoms with van der Waals surface area (Å²) in [5.41, 5.74) is 6.88. The third kappa shape index (κ3) is 3.53. The summed E-state index contributed by atoms with van der Waals surface area (Å²) in [6.07, 6.45) is 7.14. The van der Waals surface area contributed by atoms with Crippen molar-refractivity contribution in [2.45, 2.75) is 0 Å². The van der Waals surface area contributed by atoms with Gasteiger partial charge in [0.1, 0.15) is 0 Å². The first kappa shape index (κ1) is 13.9. The van der Waals surface area contributed by atoms with Crippen molar-refractivity contribution in [1.29, 1.82) is 0 Å². The zero-order chi connectivity index (χ0) is 14.5. The third-order valence-electron chi connectivity index (χ3n) is 3.45. The molecule has 0 radical (unpaired) electrons. The second kappa shape index (κ2) is 6.60. The molecular formula is C18H19N2P. The second-order valence-electron chi connectivity index (χ2n) is 5.07. The molecule has 0 bridgehead atoms. The molecule has 3 rings (SSSR count). The summed E-state index contributed by atoms with van der Waals surface area (Å²) in [4.78, 5) is 2.31. The van der Waals surface area contributed by atoms with Crippen LogP contribution < -0.4 is 16.3 Å². The maximum absolute atomic E-state index is 5.95. The van der Waals surface area contributed by atoms with Crippen molar-refractivity contribution >= 4 is 18.5 Å². The lowest BCUT2D eigenvalue weighted by Crippen LogP contribution is -2.29. The Kier molecular flexibility index (Phi) is 4.37. The fourth-order valence-corrected chi connectivity index (χ4v) is 4.68. The van der Waals surface area contributed by atoms with E-state index in [1.807, 2.05) is 12.2 Å². The van der Waals surface area contributed by atoms with Gasteiger partial charge in [0, 0.05) is 12.0 Å². The van der Waals surface area contributed by atoms with Crippen LogP contribution in [-0.2, 0) is 0 Å². The van der Waals surface area contributed by atoms with Gasteiger partial charge < -0.3 is 10.6 Å². The molecule has 3 heteroatoms. The number of benzene rings is 2. The monoisotopic (exact) mass is 294 g/mol. The molecule has 0 unspecified atom stereocenters. The van der Waals surface area contributed by atoms with Gasteiger partial charge in [0.2, 0.25) is 0 Å². The van der Waals surface area contributed by atoms with E-state index in [9.17, 15) is 0 Å². The topological polar surface area (TPSA) is 29.3 Å². The van der Waals surface area contributed by atoms with E-state index in [4.69, 9.17) is 5.73 Å². The minimum Gasteiger partial charge on any atom is -0.401 e. The Hall–Kier alpha value is -2.05. The van der Waals surface area contributed by atoms with E-state index in [-0.39, 0.29) is 0 Å². The maximum Gasteiger partial charge on any atom is 0.0573 e. The van der Waals surface area contributed by atoms with Crippen molar-refractivity contribution in [3.8, 4) is 0 Å². The second-order valence-corrected chi connectivity index (χ2v) is 7.24. The first-order valence-electron chi connectivity index (χ1n) is 7.07. The van der Waals surface area contributed by atoms with Gasteiger partial charge in [-0.15, -0.1) is 0 Å². The molecule has 1 aliphatic heterocycles. The summed E-state index contributed by atoms with van der Waals surface area (Å²) in [5.74, 6) is 0. The average Bonchev–Trinajstić information content (AvgIpc) is 2.54. The van der Waals surface area contributed by atoms with Gasteiger partial charge in [0.05, 0.1) is 6.54 Å². The molecule has 0 amide bonds. The number of nitrogens with two attached hydrogens (primary N) is 1. The summed E-state index contributed by atoms with van der Waals surface area (Å²) < 4.78 is 0. The van der Waals surface area contributed by atoms with Crippen LogP contribution in [0.5, 0.6) is 0 Å². The lowest BCUT2D eigenvalue weighted by molar-refractivity contribution is 0.468. The van der Waals surface area contributed by atoms with Crippen LogP contribution in [-0.4, -0.2) is 17.7 Å². The number of rotatable bonds is 4. The Labute approximate surface area is 127 Å². The molecule has 1 aliphatic rings. The Bertz CT molecular complexity index is 595. The highest BCUT2D eigenvalue weighted by atomic mass is 31.1. The van der Waals surface area contributed by atoms with Gasteiger partial charge in [0.25, 0.3) is 0 Å². The van der Waals surface area contributed by atoms with E-state index in [2.05, 4.69) is 71.8 Å². The highest BCUT2D eigenvalue weighted by Gasteiger charge is 2.17. The van der Waals surface area contributed by atoms with E-state index in [0.29, 0.717) is 0 Å². The highest BCUT2D eigenvalue weighted by molar-refractivity contribution is 7.72. The van der Waals surface area contributed by atoms with Gasteiger partial charge in [-0.25, -0.2) is 0 Å². The van der Waals surface area contributed by atoms with Crippen LogP contribution in [0.2, 0.25) is 0 Å². The van der Waals surface area contributed by atoms with Crippen molar-refractivity contribution in [3.05, 3.63) is 84.7 Å². The Morgan fingerprint density at radius 2 is 1.48 bits per heavy atom. The van der Waals surface area contributed by atoms with Gasteiger partial charge in [-0.3, -0.25) is 0 Å². The van der Waals surface area contributed by atoms with Crippen LogP contribution in [0.25, 0.3) is 0 Å². The largest absolute Gasteiger partial charge is 0.401 e. The van der Waals surface area contributed by atoms with Crippen LogP contribution >= 0.6 is 7.92 Å². The third-order valence-corrected chi connectivity index (χ3v) is 5.94. The summed E-state index contributed by atoms with van der Waals surface area (Å²) in [6, 6.07) is 21.5. The lowest BCUT2D eigenvalue weighted by atomic mass is 10.3. The van der Waals surface area contributed by atoms with Crippen molar-refractivity contribution in [3.63, 3.8) is 0 Å². The van der Waals surface area contributed by atoms with E-state index in [1.54, 1.807) is 0 Å². The van der Waals surface area contributed by atoms with Gasteiger partial charge in [0.15, 0.2) is 0 Å². The molecule has 2 nitrogen and oxygen atoms in total. The van der Waals surface area contributed by atoms with Crippen LogP contribution in [0.15, 0.2) is 84.7 Å². The molecule has 2 aromatic rings. The molecule has 1 heterocycles. The molecule has 21 heavy (non-hydrogen) atoms. The minimum atomic E-state index is -0.401. The van der Waals surface area contributed by atoms with Crippen molar-refractivity contribution in [2.24, 2.45) is 5.73 Å². The maximum atomic E-state index is 5.95. The van der Waals surface area contributed by atoms with Crippen molar-refractivity contribution < 1.29 is 0 Å². The zero-order valence-electron chi connectivity index (χ0n) is 11.9. The van der Waals surface area contributed by atoms with Crippen molar-refractivity contribution in [2.75, 3.05) is 12.8 Å². The summed E-state index contributed by atoms with van der Waals surface area (Å²) in [6.45, 7) is 0.814. The molecule has 0 fully saturated rings. The zero-order valence-corrected chi connectivity index (χ0v) is 12.8. The fourth-order valence-electron chi connectivity index (χ4n) is 2.44. The Morgan fingerprint density at radius 1 is 0.905 bits per heavy atom. The van der Waals surface area contributed by atoms with Gasteiger partial charge in [-0.1, -0.05) is 60.7 Å². The molecule has 0 saturated carbocycles. The van der Waals surface area contributed by atoms with E-state index < -0.39 is 7.92 Å². The average molecular weight is 294 g/mol. The Balaban J connectivity index is 1.87. The number of nitrogens with zero attached hydrogens (tertiary/aromatic N) is 1. The number of hydrogen-bond acceptors (Lipinski definition) is 2. The van der Waals surface area contributed by atoms with Crippen LogP contribution in [0.1, 0.15) is 0 Å². The highest BCUT2D eigenvalue weighted by Crippen LogP contribution is 2.34. The van der Waals surface area contributed by atoms with Crippen LogP contribution in [0.3, 0.4) is 0 Å². The predicted molar refractivity (Wildman–Crippen MR) is 92.1 cm³/mol. The van der Waals surface area contributed by atoms with Gasteiger partial charge in [-0.05, 0) is 36.9 Å². The lowest BCUT2D eigenvalue weighted by Gasteiger charge is -2.29. The van der Waals surface area contributed by atoms with Crippen LogP contribution in [0, 0.1) is 0 Å². The van der Waals surface area contributed by atoms with Gasteiger partial charge >= 0.3 is 0 Å². The number of hydrogen-bond donors (Lipinski definition) is 1. The first-order valence-corrected chi connectivity index (χ1v) is 8.60. The fraction of sp³-hybridized carbons (Fsp3) is 0.111. The SMILES string of the molecule is NC1=CC=CN(CP(c2ccccc2)c2ccccc2)C1. The minimum absolute atomic E-state index is 0.401. The van der Waals surface area contributed by atoms with Gasteiger partial charge in [-0.2, -0.15) is 0 Å². The first-order chi connectivity index (χ1) is 10.3. The summed E-state index contributed by atoms with van der Waals surface area (Å²) in [7, 11) is -0.401. The molecule has 0 aromatic heterocycles. The number of allylic oxidation sites excluding steroid dienone is 2. The standard InChI is InChI=1S/C18H19N2P/c19-16-8-7-13-20(14-16)15-21(17-9-3-1-4-10-17)18-11-5-2-6-12-18/h1-13H,14-15,19H2. The molecule has 0 saturated heterocycles. The van der Waals surface area contributed by atoms with E-state index >= 15 is 0 Å². The van der Waals surface area contributed by atoms with E-state index in [0.717, 1.165) is 18.5 Å².